The van der Waals surface area contributed by atoms with Gasteiger partial charge in [0.25, 0.3) is 0 Å². The molecule has 0 aliphatic rings. The number of rotatable bonds is 4. The van der Waals surface area contributed by atoms with E-state index in [-0.39, 0.29) is 0 Å². The van der Waals surface area contributed by atoms with Crippen molar-refractivity contribution in [1.82, 2.24) is 0 Å². The van der Waals surface area contributed by atoms with Gasteiger partial charge in [-0.1, -0.05) is 36.4 Å². The Bertz CT molecular complexity index is 575. The monoisotopic (exact) mass is 257 g/mol. The van der Waals surface area contributed by atoms with E-state index in [4.69, 9.17) is 21.6 Å². The molecule has 2 nitrogen and oxygen atoms in total. The number of alkyl halides is 1. The first-order valence-corrected chi connectivity index (χ1v) is 6.13. The zero-order valence-electron chi connectivity index (χ0n) is 9.77. The summed E-state index contributed by atoms with van der Waals surface area (Å²) in [5, 5.41) is 8.99. The van der Waals surface area contributed by atoms with Crippen molar-refractivity contribution in [2.45, 2.75) is 12.5 Å². The molecule has 2 rings (SSSR count). The SMILES string of the molecule is N#Cc1ccccc1COc1ccccc1CCl. The molecule has 0 unspecified atom stereocenters. The van der Waals surface area contributed by atoms with Crippen LogP contribution in [-0.4, -0.2) is 0 Å². The molecule has 0 radical (unpaired) electrons. The Hall–Kier alpha value is -1.98. The van der Waals surface area contributed by atoms with Gasteiger partial charge >= 0.3 is 0 Å². The number of benzene rings is 2. The maximum Gasteiger partial charge on any atom is 0.124 e. The van der Waals surface area contributed by atoms with Crippen LogP contribution in [0.5, 0.6) is 5.75 Å². The Labute approximate surface area is 111 Å². The van der Waals surface area contributed by atoms with Gasteiger partial charge in [-0.15, -0.1) is 11.6 Å². The maximum atomic E-state index is 8.99. The van der Waals surface area contributed by atoms with E-state index in [9.17, 15) is 0 Å². The van der Waals surface area contributed by atoms with E-state index in [1.54, 1.807) is 6.07 Å². The van der Waals surface area contributed by atoms with Crippen molar-refractivity contribution in [3.63, 3.8) is 0 Å². The Kier molecular flexibility index (Phi) is 4.22. The van der Waals surface area contributed by atoms with E-state index in [2.05, 4.69) is 6.07 Å². The lowest BCUT2D eigenvalue weighted by molar-refractivity contribution is 0.303. The molecule has 0 saturated heterocycles. The molecule has 3 heteroatoms. The highest BCUT2D eigenvalue weighted by Crippen LogP contribution is 2.21. The highest BCUT2D eigenvalue weighted by Gasteiger charge is 2.04. The summed E-state index contributed by atoms with van der Waals surface area (Å²) < 4.78 is 5.72. The van der Waals surface area contributed by atoms with Gasteiger partial charge in [-0.2, -0.15) is 5.26 Å². The average Bonchev–Trinajstić information content (AvgIpc) is 2.45. The van der Waals surface area contributed by atoms with Crippen molar-refractivity contribution in [2.75, 3.05) is 0 Å². The molecule has 0 N–H and O–H groups in total. The Morgan fingerprint density at radius 1 is 1.00 bits per heavy atom. The second-order valence-electron chi connectivity index (χ2n) is 3.80. The number of ether oxygens (including phenoxy) is 1. The van der Waals surface area contributed by atoms with Crippen LogP contribution >= 0.6 is 11.6 Å². The molecule has 0 aromatic heterocycles. The van der Waals surface area contributed by atoms with E-state index < -0.39 is 0 Å². The van der Waals surface area contributed by atoms with Gasteiger partial charge < -0.3 is 4.74 Å². The van der Waals surface area contributed by atoms with Gasteiger partial charge in [-0.25, -0.2) is 0 Å². The van der Waals surface area contributed by atoms with E-state index in [0.29, 0.717) is 18.1 Å². The largest absolute Gasteiger partial charge is 0.489 e. The number of halogens is 1. The standard InChI is InChI=1S/C15H12ClNO/c16-9-12-5-3-4-8-15(12)18-11-14-7-2-1-6-13(14)10-17/h1-8H,9,11H2. The Balaban J connectivity index is 2.14. The molecule has 0 aliphatic carbocycles. The lowest BCUT2D eigenvalue weighted by atomic mass is 10.1. The van der Waals surface area contributed by atoms with Crippen molar-refractivity contribution < 1.29 is 4.74 Å². The third kappa shape index (κ3) is 2.82. The average molecular weight is 258 g/mol. The van der Waals surface area contributed by atoms with Crippen LogP contribution in [0.4, 0.5) is 0 Å². The smallest absolute Gasteiger partial charge is 0.124 e. The fourth-order valence-electron chi connectivity index (χ4n) is 1.67. The minimum atomic E-state index is 0.373. The molecule has 0 atom stereocenters. The predicted octanol–water partition coefficient (Wildman–Crippen LogP) is 3.88. The molecule has 0 bridgehead atoms. The summed E-state index contributed by atoms with van der Waals surface area (Å²) in [5.74, 6) is 1.18. The first-order chi connectivity index (χ1) is 8.85. The number of nitrogens with zero attached hydrogens (tertiary/aromatic N) is 1. The first kappa shape index (κ1) is 12.5. The van der Waals surface area contributed by atoms with E-state index in [0.717, 1.165) is 16.9 Å². The number of hydrogen-bond acceptors (Lipinski definition) is 2. The van der Waals surface area contributed by atoms with Crippen molar-refractivity contribution in [1.29, 1.82) is 5.26 Å². The normalized spacial score (nSPS) is 9.78. The quantitative estimate of drug-likeness (QED) is 0.779. The van der Waals surface area contributed by atoms with Crippen LogP contribution in [0, 0.1) is 11.3 Å². The van der Waals surface area contributed by atoms with Gasteiger partial charge in [-0.3, -0.25) is 0 Å². The van der Waals surface area contributed by atoms with Crippen LogP contribution in [0.2, 0.25) is 0 Å². The third-order valence-electron chi connectivity index (χ3n) is 2.64. The summed E-state index contributed by atoms with van der Waals surface area (Å²) in [6, 6.07) is 17.2. The molecule has 18 heavy (non-hydrogen) atoms. The van der Waals surface area contributed by atoms with Gasteiger partial charge in [0.2, 0.25) is 0 Å². The number of hydrogen-bond donors (Lipinski definition) is 0. The minimum Gasteiger partial charge on any atom is -0.489 e. The lowest BCUT2D eigenvalue weighted by Gasteiger charge is -2.10. The molecule has 0 saturated carbocycles. The van der Waals surface area contributed by atoms with Crippen LogP contribution in [-0.2, 0) is 12.5 Å². The first-order valence-electron chi connectivity index (χ1n) is 5.60. The summed E-state index contributed by atoms with van der Waals surface area (Å²) in [6.07, 6.45) is 0. The van der Waals surface area contributed by atoms with Crippen LogP contribution in [0.3, 0.4) is 0 Å². The molecular weight excluding hydrogens is 246 g/mol. The van der Waals surface area contributed by atoms with E-state index >= 15 is 0 Å². The molecule has 2 aromatic carbocycles. The van der Waals surface area contributed by atoms with Crippen molar-refractivity contribution in [3.8, 4) is 11.8 Å². The second-order valence-corrected chi connectivity index (χ2v) is 4.07. The van der Waals surface area contributed by atoms with Crippen molar-refractivity contribution in [2.24, 2.45) is 0 Å². The van der Waals surface area contributed by atoms with Crippen molar-refractivity contribution >= 4 is 11.6 Å². The molecule has 0 heterocycles. The van der Waals surface area contributed by atoms with Gasteiger partial charge in [0.05, 0.1) is 17.5 Å². The molecule has 0 amide bonds. The van der Waals surface area contributed by atoms with Crippen LogP contribution in [0.25, 0.3) is 0 Å². The zero-order chi connectivity index (χ0) is 12.8. The van der Waals surface area contributed by atoms with Gasteiger partial charge in [0.15, 0.2) is 0 Å². The van der Waals surface area contributed by atoms with Gasteiger partial charge in [-0.05, 0) is 12.1 Å². The molecule has 90 valence electrons. The fourth-order valence-corrected chi connectivity index (χ4v) is 1.89. The highest BCUT2D eigenvalue weighted by atomic mass is 35.5. The summed E-state index contributed by atoms with van der Waals surface area (Å²) in [5.41, 5.74) is 2.47. The lowest BCUT2D eigenvalue weighted by Crippen LogP contribution is -1.99. The van der Waals surface area contributed by atoms with Crippen molar-refractivity contribution in [3.05, 3.63) is 65.2 Å². The topological polar surface area (TPSA) is 33.0 Å². The zero-order valence-corrected chi connectivity index (χ0v) is 10.5. The summed E-state index contributed by atoms with van der Waals surface area (Å²) in [6.45, 7) is 0.373. The number of nitriles is 1. The van der Waals surface area contributed by atoms with Crippen LogP contribution in [0.15, 0.2) is 48.5 Å². The van der Waals surface area contributed by atoms with E-state index in [1.807, 2.05) is 42.5 Å². The predicted molar refractivity (Wildman–Crippen MR) is 71.5 cm³/mol. The van der Waals surface area contributed by atoms with Gasteiger partial charge in [0, 0.05) is 11.1 Å². The maximum absolute atomic E-state index is 8.99. The summed E-state index contributed by atoms with van der Waals surface area (Å²) in [4.78, 5) is 0. The molecule has 0 fully saturated rings. The Morgan fingerprint density at radius 3 is 2.39 bits per heavy atom. The minimum absolute atomic E-state index is 0.373. The number of para-hydroxylation sites is 1. The molecule has 2 aromatic rings. The van der Waals surface area contributed by atoms with E-state index in [1.165, 1.54) is 0 Å². The highest BCUT2D eigenvalue weighted by molar-refractivity contribution is 6.17. The van der Waals surface area contributed by atoms with Gasteiger partial charge in [0.1, 0.15) is 12.4 Å². The molecular formula is C15H12ClNO. The third-order valence-corrected chi connectivity index (χ3v) is 2.93. The molecule has 0 aliphatic heterocycles. The second kappa shape index (κ2) is 6.09. The summed E-state index contributed by atoms with van der Waals surface area (Å²) >= 11 is 5.84. The van der Waals surface area contributed by atoms with Crippen LogP contribution in [0.1, 0.15) is 16.7 Å². The summed E-state index contributed by atoms with van der Waals surface area (Å²) in [7, 11) is 0. The fraction of sp³-hybridized carbons (Fsp3) is 0.133. The van der Waals surface area contributed by atoms with Crippen LogP contribution < -0.4 is 4.74 Å². The molecule has 0 spiro atoms. The Morgan fingerprint density at radius 2 is 1.67 bits per heavy atom.